The van der Waals surface area contributed by atoms with Crippen LogP contribution >= 0.6 is 15.9 Å². The van der Waals surface area contributed by atoms with Gasteiger partial charge >= 0.3 is 0 Å². The molecule has 2 nitrogen and oxygen atoms in total. The van der Waals surface area contributed by atoms with E-state index in [1.165, 1.54) is 37.7 Å². The third-order valence-electron chi connectivity index (χ3n) is 3.27. The maximum absolute atomic E-state index is 5.26. The van der Waals surface area contributed by atoms with Crippen molar-refractivity contribution in [3.05, 3.63) is 28.2 Å². The number of unbranched alkanes of at least 4 members (excludes halogenated alkanes) is 3. The van der Waals surface area contributed by atoms with Crippen LogP contribution < -0.4 is 10.1 Å². The third kappa shape index (κ3) is 4.62. The number of hydrogen-bond donors (Lipinski definition) is 1. The van der Waals surface area contributed by atoms with Gasteiger partial charge in [-0.25, -0.2) is 0 Å². The molecule has 0 heterocycles. The molecular weight excluding hydrogens is 290 g/mol. The molecule has 0 amide bonds. The monoisotopic (exact) mass is 313 g/mol. The van der Waals surface area contributed by atoms with Crippen molar-refractivity contribution in [3.8, 4) is 5.75 Å². The average Bonchev–Trinajstić information content (AvgIpc) is 2.39. The fourth-order valence-electron chi connectivity index (χ4n) is 2.15. The standard InChI is InChI=1S/C15H24BrNO/c1-4-5-6-7-8-14(17-2)12-9-10-15(18-3)13(16)11-12/h9-11,14,17H,4-8H2,1-3H3. The van der Waals surface area contributed by atoms with E-state index >= 15 is 0 Å². The van der Waals surface area contributed by atoms with Crippen molar-refractivity contribution < 1.29 is 4.74 Å². The van der Waals surface area contributed by atoms with E-state index in [1.54, 1.807) is 7.11 Å². The minimum atomic E-state index is 0.434. The summed E-state index contributed by atoms with van der Waals surface area (Å²) in [5, 5.41) is 3.40. The van der Waals surface area contributed by atoms with Crippen LogP contribution in [0.3, 0.4) is 0 Å². The quantitative estimate of drug-likeness (QED) is 0.703. The van der Waals surface area contributed by atoms with Gasteiger partial charge in [-0.05, 0) is 47.1 Å². The smallest absolute Gasteiger partial charge is 0.133 e. The summed E-state index contributed by atoms with van der Waals surface area (Å²) in [5.41, 5.74) is 1.32. The average molecular weight is 314 g/mol. The molecule has 1 aromatic rings. The van der Waals surface area contributed by atoms with Crippen molar-refractivity contribution >= 4 is 15.9 Å². The van der Waals surface area contributed by atoms with Crippen molar-refractivity contribution in [3.63, 3.8) is 0 Å². The van der Waals surface area contributed by atoms with Crippen LogP contribution in [-0.2, 0) is 0 Å². The molecule has 1 atom stereocenters. The summed E-state index contributed by atoms with van der Waals surface area (Å²) in [6.45, 7) is 2.25. The number of nitrogens with one attached hydrogen (secondary N) is 1. The molecule has 0 saturated heterocycles. The minimum absolute atomic E-state index is 0.434. The van der Waals surface area contributed by atoms with Crippen LogP contribution in [0.25, 0.3) is 0 Å². The van der Waals surface area contributed by atoms with E-state index in [0.29, 0.717) is 6.04 Å². The Hall–Kier alpha value is -0.540. The molecule has 0 radical (unpaired) electrons. The van der Waals surface area contributed by atoms with Crippen LogP contribution in [-0.4, -0.2) is 14.2 Å². The van der Waals surface area contributed by atoms with Crippen LogP contribution in [0.15, 0.2) is 22.7 Å². The first-order valence-electron chi connectivity index (χ1n) is 6.73. The van der Waals surface area contributed by atoms with Crippen molar-refractivity contribution in [2.24, 2.45) is 0 Å². The van der Waals surface area contributed by atoms with Crippen LogP contribution in [0.5, 0.6) is 5.75 Å². The number of ether oxygens (including phenoxy) is 1. The van der Waals surface area contributed by atoms with E-state index < -0.39 is 0 Å². The Bertz CT molecular complexity index is 354. The summed E-state index contributed by atoms with van der Waals surface area (Å²) in [7, 11) is 3.72. The summed E-state index contributed by atoms with van der Waals surface area (Å²) in [6.07, 6.45) is 6.42. The van der Waals surface area contributed by atoms with Crippen LogP contribution in [0.1, 0.15) is 50.6 Å². The molecule has 102 valence electrons. The van der Waals surface area contributed by atoms with Gasteiger partial charge in [-0.3, -0.25) is 0 Å². The maximum Gasteiger partial charge on any atom is 0.133 e. The highest BCUT2D eigenvalue weighted by Crippen LogP contribution is 2.29. The van der Waals surface area contributed by atoms with E-state index in [2.05, 4.69) is 40.3 Å². The SMILES string of the molecule is CCCCCCC(NC)c1ccc(OC)c(Br)c1. The van der Waals surface area contributed by atoms with Gasteiger partial charge in [0.2, 0.25) is 0 Å². The molecule has 0 spiro atoms. The largest absolute Gasteiger partial charge is 0.496 e. The Kier molecular flexibility index (Phi) is 7.36. The summed E-state index contributed by atoms with van der Waals surface area (Å²) in [5.74, 6) is 0.889. The molecule has 0 fully saturated rings. The van der Waals surface area contributed by atoms with Crippen molar-refractivity contribution in [2.45, 2.75) is 45.1 Å². The summed E-state index contributed by atoms with van der Waals surface area (Å²) >= 11 is 3.55. The highest BCUT2D eigenvalue weighted by Gasteiger charge is 2.10. The Morgan fingerprint density at radius 3 is 2.61 bits per heavy atom. The second kappa shape index (κ2) is 8.54. The number of methoxy groups -OCH3 is 1. The normalized spacial score (nSPS) is 12.4. The van der Waals surface area contributed by atoms with Crippen LogP contribution in [0.4, 0.5) is 0 Å². The lowest BCUT2D eigenvalue weighted by Gasteiger charge is -2.17. The van der Waals surface area contributed by atoms with Gasteiger partial charge in [0.25, 0.3) is 0 Å². The molecule has 18 heavy (non-hydrogen) atoms. The minimum Gasteiger partial charge on any atom is -0.496 e. The molecule has 0 bridgehead atoms. The second-order valence-electron chi connectivity index (χ2n) is 4.58. The molecule has 1 aromatic carbocycles. The zero-order valence-electron chi connectivity index (χ0n) is 11.6. The Labute approximate surface area is 119 Å². The molecular formula is C15H24BrNO. The molecule has 0 aliphatic rings. The fourth-order valence-corrected chi connectivity index (χ4v) is 2.71. The van der Waals surface area contributed by atoms with Gasteiger partial charge < -0.3 is 10.1 Å². The van der Waals surface area contributed by atoms with Crippen molar-refractivity contribution in [1.29, 1.82) is 0 Å². The zero-order chi connectivity index (χ0) is 13.4. The van der Waals surface area contributed by atoms with E-state index in [-0.39, 0.29) is 0 Å². The first-order valence-corrected chi connectivity index (χ1v) is 7.53. The first kappa shape index (κ1) is 15.5. The van der Waals surface area contributed by atoms with Gasteiger partial charge in [-0.1, -0.05) is 38.7 Å². The first-order chi connectivity index (χ1) is 8.72. The van der Waals surface area contributed by atoms with E-state index in [9.17, 15) is 0 Å². The predicted molar refractivity (Wildman–Crippen MR) is 81.3 cm³/mol. The lowest BCUT2D eigenvalue weighted by Crippen LogP contribution is -2.16. The van der Waals surface area contributed by atoms with Gasteiger partial charge in [0, 0.05) is 6.04 Å². The topological polar surface area (TPSA) is 21.3 Å². The molecule has 0 aliphatic carbocycles. The summed E-state index contributed by atoms with van der Waals surface area (Å²) in [6, 6.07) is 6.75. The van der Waals surface area contributed by atoms with Crippen LogP contribution in [0.2, 0.25) is 0 Å². The van der Waals surface area contributed by atoms with E-state index in [4.69, 9.17) is 4.74 Å². The van der Waals surface area contributed by atoms with Crippen LogP contribution in [0, 0.1) is 0 Å². The maximum atomic E-state index is 5.26. The Morgan fingerprint density at radius 1 is 1.28 bits per heavy atom. The summed E-state index contributed by atoms with van der Waals surface area (Å²) in [4.78, 5) is 0. The number of halogens is 1. The third-order valence-corrected chi connectivity index (χ3v) is 3.89. The zero-order valence-corrected chi connectivity index (χ0v) is 13.2. The molecule has 0 saturated carbocycles. The Balaban J connectivity index is 2.61. The fraction of sp³-hybridized carbons (Fsp3) is 0.600. The number of benzene rings is 1. The van der Waals surface area contributed by atoms with E-state index in [0.717, 1.165) is 10.2 Å². The van der Waals surface area contributed by atoms with Gasteiger partial charge in [-0.15, -0.1) is 0 Å². The van der Waals surface area contributed by atoms with E-state index in [1.807, 2.05) is 13.1 Å². The lowest BCUT2D eigenvalue weighted by molar-refractivity contribution is 0.411. The Morgan fingerprint density at radius 2 is 2.06 bits per heavy atom. The number of rotatable bonds is 8. The molecule has 0 aliphatic heterocycles. The molecule has 1 unspecified atom stereocenters. The number of hydrogen-bond acceptors (Lipinski definition) is 2. The highest BCUT2D eigenvalue weighted by molar-refractivity contribution is 9.10. The van der Waals surface area contributed by atoms with Gasteiger partial charge in [0.05, 0.1) is 11.6 Å². The van der Waals surface area contributed by atoms with Crippen molar-refractivity contribution in [2.75, 3.05) is 14.2 Å². The highest BCUT2D eigenvalue weighted by atomic mass is 79.9. The lowest BCUT2D eigenvalue weighted by atomic mass is 10.00. The summed E-state index contributed by atoms with van der Waals surface area (Å²) < 4.78 is 6.28. The van der Waals surface area contributed by atoms with Gasteiger partial charge in [-0.2, -0.15) is 0 Å². The van der Waals surface area contributed by atoms with Crippen molar-refractivity contribution in [1.82, 2.24) is 5.32 Å². The molecule has 1 rings (SSSR count). The molecule has 1 N–H and O–H groups in total. The molecule has 0 aromatic heterocycles. The predicted octanol–water partition coefficient (Wildman–Crippen LogP) is 4.69. The second-order valence-corrected chi connectivity index (χ2v) is 5.44. The van der Waals surface area contributed by atoms with Gasteiger partial charge in [0.1, 0.15) is 5.75 Å². The molecule has 3 heteroatoms. The van der Waals surface area contributed by atoms with Gasteiger partial charge in [0.15, 0.2) is 0 Å².